The summed E-state index contributed by atoms with van der Waals surface area (Å²) in [7, 11) is 0. The van der Waals surface area contributed by atoms with Crippen LogP contribution >= 0.6 is 0 Å². The molecule has 2 heterocycles. The topological polar surface area (TPSA) is 28.2 Å². The van der Waals surface area contributed by atoms with E-state index in [2.05, 4.69) is 34.3 Å². The lowest BCUT2D eigenvalue weighted by molar-refractivity contribution is 0.0564. The van der Waals surface area contributed by atoms with Gasteiger partial charge in [0.05, 0.1) is 5.69 Å². The van der Waals surface area contributed by atoms with Crippen molar-refractivity contribution in [3.8, 4) is 0 Å². The van der Waals surface area contributed by atoms with Gasteiger partial charge in [0.1, 0.15) is 0 Å². The van der Waals surface area contributed by atoms with Gasteiger partial charge in [-0.05, 0) is 31.9 Å². The van der Waals surface area contributed by atoms with Gasteiger partial charge in [0.25, 0.3) is 0 Å². The molecule has 1 unspecified atom stereocenters. The third kappa shape index (κ3) is 2.98. The molecule has 1 N–H and O–H groups in total. The van der Waals surface area contributed by atoms with E-state index in [0.29, 0.717) is 11.6 Å². The van der Waals surface area contributed by atoms with E-state index in [4.69, 9.17) is 0 Å². The molecule has 1 saturated carbocycles. The Hall–Kier alpha value is -0.930. The predicted octanol–water partition coefficient (Wildman–Crippen LogP) is 2.58. The van der Waals surface area contributed by atoms with Gasteiger partial charge in [0.15, 0.2) is 0 Å². The second-order valence-electron chi connectivity index (χ2n) is 6.30. The first kappa shape index (κ1) is 13.1. The Morgan fingerprint density at radius 2 is 2.16 bits per heavy atom. The minimum atomic E-state index is 0.388. The van der Waals surface area contributed by atoms with Crippen LogP contribution in [0.15, 0.2) is 24.4 Å². The molecule has 1 spiro atoms. The normalized spacial score (nSPS) is 27.5. The standard InChI is InChI=1S/C16H25N3/c1-14-11-18-16(8-4-2-5-9-16)13-19(14)12-15-7-3-6-10-17-15/h3,6-7,10,14,18H,2,4-5,8-9,11-13H2,1H3. The van der Waals surface area contributed by atoms with Crippen molar-refractivity contribution in [3.63, 3.8) is 0 Å². The molecule has 2 aliphatic rings. The average molecular weight is 259 g/mol. The van der Waals surface area contributed by atoms with Gasteiger partial charge in [0, 0.05) is 37.4 Å². The predicted molar refractivity (Wildman–Crippen MR) is 77.9 cm³/mol. The van der Waals surface area contributed by atoms with Crippen LogP contribution in [0.25, 0.3) is 0 Å². The first-order valence-corrected chi connectivity index (χ1v) is 7.66. The Kier molecular flexibility index (Phi) is 3.85. The first-order valence-electron chi connectivity index (χ1n) is 7.66. The molecule has 0 radical (unpaired) electrons. The van der Waals surface area contributed by atoms with Crippen molar-refractivity contribution in [2.75, 3.05) is 13.1 Å². The number of piperazine rings is 1. The third-order valence-corrected chi connectivity index (χ3v) is 4.80. The highest BCUT2D eigenvalue weighted by molar-refractivity contribution is 5.06. The zero-order valence-electron chi connectivity index (χ0n) is 11.9. The summed E-state index contributed by atoms with van der Waals surface area (Å²) in [6, 6.07) is 6.83. The van der Waals surface area contributed by atoms with Crippen molar-refractivity contribution in [1.29, 1.82) is 0 Å². The molecule has 3 rings (SSSR count). The van der Waals surface area contributed by atoms with Gasteiger partial charge in [-0.15, -0.1) is 0 Å². The summed E-state index contributed by atoms with van der Waals surface area (Å²) in [5, 5.41) is 3.84. The monoisotopic (exact) mass is 259 g/mol. The minimum Gasteiger partial charge on any atom is -0.308 e. The van der Waals surface area contributed by atoms with Crippen LogP contribution < -0.4 is 5.32 Å². The lowest BCUT2D eigenvalue weighted by Gasteiger charge is -2.49. The van der Waals surface area contributed by atoms with E-state index in [9.17, 15) is 0 Å². The van der Waals surface area contributed by atoms with Crippen molar-refractivity contribution in [3.05, 3.63) is 30.1 Å². The number of hydrogen-bond donors (Lipinski definition) is 1. The number of nitrogens with one attached hydrogen (secondary N) is 1. The van der Waals surface area contributed by atoms with Gasteiger partial charge < -0.3 is 5.32 Å². The zero-order valence-corrected chi connectivity index (χ0v) is 11.9. The second-order valence-corrected chi connectivity index (χ2v) is 6.30. The van der Waals surface area contributed by atoms with E-state index >= 15 is 0 Å². The van der Waals surface area contributed by atoms with E-state index in [1.54, 1.807) is 0 Å². The largest absolute Gasteiger partial charge is 0.308 e. The van der Waals surface area contributed by atoms with E-state index in [-0.39, 0.29) is 0 Å². The Labute approximate surface area is 116 Å². The molecule has 2 fully saturated rings. The summed E-state index contributed by atoms with van der Waals surface area (Å²) in [6.07, 6.45) is 8.78. The van der Waals surface area contributed by atoms with E-state index in [1.807, 2.05) is 12.3 Å². The Balaban J connectivity index is 1.69. The SMILES string of the molecule is CC1CNC2(CCCCC2)CN1Cc1ccccn1. The summed E-state index contributed by atoms with van der Waals surface area (Å²) in [5.74, 6) is 0. The fourth-order valence-electron chi connectivity index (χ4n) is 3.57. The first-order chi connectivity index (χ1) is 9.27. The van der Waals surface area contributed by atoms with Crippen LogP contribution in [0, 0.1) is 0 Å². The van der Waals surface area contributed by atoms with Gasteiger partial charge in [-0.3, -0.25) is 9.88 Å². The van der Waals surface area contributed by atoms with Gasteiger partial charge in [-0.1, -0.05) is 25.3 Å². The van der Waals surface area contributed by atoms with Gasteiger partial charge in [-0.25, -0.2) is 0 Å². The molecule has 1 aromatic heterocycles. The van der Waals surface area contributed by atoms with E-state index < -0.39 is 0 Å². The lowest BCUT2D eigenvalue weighted by atomic mass is 9.79. The van der Waals surface area contributed by atoms with Crippen molar-refractivity contribution in [2.24, 2.45) is 0 Å². The van der Waals surface area contributed by atoms with E-state index in [1.165, 1.54) is 44.3 Å². The quantitative estimate of drug-likeness (QED) is 0.885. The van der Waals surface area contributed by atoms with Gasteiger partial charge in [-0.2, -0.15) is 0 Å². The lowest BCUT2D eigenvalue weighted by Crippen LogP contribution is -2.63. The van der Waals surface area contributed by atoms with Crippen LogP contribution in [-0.4, -0.2) is 34.6 Å². The molecule has 1 aliphatic heterocycles. The molecule has 1 saturated heterocycles. The van der Waals surface area contributed by atoms with Crippen molar-refractivity contribution in [1.82, 2.24) is 15.2 Å². The average Bonchev–Trinajstić information content (AvgIpc) is 2.45. The second kappa shape index (κ2) is 5.59. The van der Waals surface area contributed by atoms with Crippen molar-refractivity contribution >= 4 is 0 Å². The molecule has 0 bridgehead atoms. The molecular formula is C16H25N3. The van der Waals surface area contributed by atoms with Crippen LogP contribution in [0.1, 0.15) is 44.7 Å². The molecule has 3 nitrogen and oxygen atoms in total. The number of aromatic nitrogens is 1. The van der Waals surface area contributed by atoms with Crippen molar-refractivity contribution in [2.45, 2.75) is 57.2 Å². The molecule has 0 amide bonds. The zero-order chi connectivity index (χ0) is 13.1. The molecular weight excluding hydrogens is 234 g/mol. The van der Waals surface area contributed by atoms with Crippen LogP contribution in [0.3, 0.4) is 0 Å². The fraction of sp³-hybridized carbons (Fsp3) is 0.688. The highest BCUT2D eigenvalue weighted by Gasteiger charge is 2.38. The van der Waals surface area contributed by atoms with Gasteiger partial charge in [0.2, 0.25) is 0 Å². The molecule has 1 aliphatic carbocycles. The highest BCUT2D eigenvalue weighted by Crippen LogP contribution is 2.32. The summed E-state index contributed by atoms with van der Waals surface area (Å²) >= 11 is 0. The van der Waals surface area contributed by atoms with Crippen LogP contribution in [0.5, 0.6) is 0 Å². The molecule has 0 aromatic carbocycles. The van der Waals surface area contributed by atoms with Crippen molar-refractivity contribution < 1.29 is 0 Å². The fourth-order valence-corrected chi connectivity index (χ4v) is 3.57. The van der Waals surface area contributed by atoms with Crippen LogP contribution in [-0.2, 0) is 6.54 Å². The van der Waals surface area contributed by atoms with E-state index in [0.717, 1.165) is 13.1 Å². The minimum absolute atomic E-state index is 0.388. The van der Waals surface area contributed by atoms with Crippen LogP contribution in [0.4, 0.5) is 0 Å². The number of pyridine rings is 1. The number of rotatable bonds is 2. The third-order valence-electron chi connectivity index (χ3n) is 4.80. The molecule has 3 heteroatoms. The molecule has 1 aromatic rings. The Bertz CT molecular complexity index is 398. The summed E-state index contributed by atoms with van der Waals surface area (Å²) in [5.41, 5.74) is 1.58. The Morgan fingerprint density at radius 3 is 2.89 bits per heavy atom. The maximum atomic E-state index is 4.48. The Morgan fingerprint density at radius 1 is 1.32 bits per heavy atom. The smallest absolute Gasteiger partial charge is 0.0544 e. The number of hydrogen-bond acceptors (Lipinski definition) is 3. The van der Waals surface area contributed by atoms with Gasteiger partial charge >= 0.3 is 0 Å². The number of nitrogens with zero attached hydrogens (tertiary/aromatic N) is 2. The summed E-state index contributed by atoms with van der Waals surface area (Å²) in [4.78, 5) is 7.09. The molecule has 19 heavy (non-hydrogen) atoms. The summed E-state index contributed by atoms with van der Waals surface area (Å²) in [6.45, 7) is 5.62. The molecule has 1 atom stereocenters. The highest BCUT2D eigenvalue weighted by atomic mass is 15.3. The van der Waals surface area contributed by atoms with Crippen LogP contribution in [0.2, 0.25) is 0 Å². The maximum absolute atomic E-state index is 4.48. The maximum Gasteiger partial charge on any atom is 0.0544 e. The molecule has 104 valence electrons. The summed E-state index contributed by atoms with van der Waals surface area (Å²) < 4.78 is 0.